The van der Waals surface area contributed by atoms with E-state index in [1.165, 1.54) is 23.1 Å². The number of guanidine groups is 1. The van der Waals surface area contributed by atoms with Crippen LogP contribution in [0.2, 0.25) is 0 Å². The average molecular weight is 560 g/mol. The Hall–Kier alpha value is -1.17. The number of halogens is 6. The number of hydrogen-bond acceptors (Lipinski definition) is 2. The molecule has 0 aromatic heterocycles. The molecule has 2 fully saturated rings. The maximum absolute atomic E-state index is 14.0. The number of hydrogen-bond donors (Lipinski definition) is 1. The highest BCUT2D eigenvalue weighted by atomic mass is 127. The van der Waals surface area contributed by atoms with Crippen molar-refractivity contribution >= 4 is 29.9 Å². The molecule has 176 valence electrons. The van der Waals surface area contributed by atoms with Gasteiger partial charge in [0.25, 0.3) is 0 Å². The molecule has 1 aliphatic heterocycles. The summed E-state index contributed by atoms with van der Waals surface area (Å²) in [5.41, 5.74) is 0.107. The quantitative estimate of drug-likeness (QED) is 0.229. The van der Waals surface area contributed by atoms with Crippen LogP contribution in [-0.2, 0) is 0 Å². The van der Waals surface area contributed by atoms with E-state index < -0.39 is 24.4 Å². The van der Waals surface area contributed by atoms with Crippen LogP contribution in [0.15, 0.2) is 23.2 Å². The second-order valence-corrected chi connectivity index (χ2v) is 8.07. The molecule has 3 rings (SSSR count). The maximum Gasteiger partial charge on any atom is 0.401 e. The molecule has 1 saturated carbocycles. The molecule has 31 heavy (non-hydrogen) atoms. The van der Waals surface area contributed by atoms with E-state index in [-0.39, 0.29) is 47.4 Å². The van der Waals surface area contributed by atoms with Gasteiger partial charge in [-0.25, -0.2) is 8.78 Å². The zero-order valence-electron chi connectivity index (χ0n) is 17.8. The summed E-state index contributed by atoms with van der Waals surface area (Å²) in [4.78, 5) is 7.97. The van der Waals surface area contributed by atoms with Crippen molar-refractivity contribution in [3.05, 3.63) is 35.4 Å². The summed E-state index contributed by atoms with van der Waals surface area (Å²) in [6.45, 7) is 5.34. The van der Waals surface area contributed by atoms with Gasteiger partial charge in [-0.05, 0) is 44.4 Å². The molecule has 3 atom stereocenters. The van der Waals surface area contributed by atoms with Crippen molar-refractivity contribution in [1.29, 1.82) is 0 Å². The molecule has 1 aliphatic carbocycles. The van der Waals surface area contributed by atoms with Gasteiger partial charge in [0.2, 0.25) is 0 Å². The lowest BCUT2D eigenvalue weighted by atomic mass is 10.1. The Morgan fingerprint density at radius 1 is 1.23 bits per heavy atom. The van der Waals surface area contributed by atoms with Crippen LogP contribution >= 0.6 is 24.0 Å². The number of rotatable bonds is 7. The van der Waals surface area contributed by atoms with Crippen LogP contribution in [0.3, 0.4) is 0 Å². The third-order valence-electron chi connectivity index (χ3n) is 5.74. The summed E-state index contributed by atoms with van der Waals surface area (Å²) in [6.07, 6.45) is -2.80. The first-order chi connectivity index (χ1) is 14.2. The summed E-state index contributed by atoms with van der Waals surface area (Å²) in [7, 11) is 0. The third kappa shape index (κ3) is 7.16. The van der Waals surface area contributed by atoms with E-state index in [0.29, 0.717) is 45.1 Å². The van der Waals surface area contributed by atoms with E-state index in [4.69, 9.17) is 0 Å². The molecule has 4 nitrogen and oxygen atoms in total. The summed E-state index contributed by atoms with van der Waals surface area (Å²) >= 11 is 0. The minimum atomic E-state index is -4.20. The van der Waals surface area contributed by atoms with E-state index in [2.05, 4.69) is 10.3 Å². The zero-order chi connectivity index (χ0) is 21.9. The van der Waals surface area contributed by atoms with E-state index in [9.17, 15) is 22.0 Å². The Morgan fingerprint density at radius 3 is 2.48 bits per heavy atom. The number of nitrogens with one attached hydrogen (secondary N) is 1. The lowest BCUT2D eigenvalue weighted by molar-refractivity contribution is -0.146. The predicted octanol–water partition coefficient (Wildman–Crippen LogP) is 4.61. The van der Waals surface area contributed by atoms with Gasteiger partial charge >= 0.3 is 6.18 Å². The Morgan fingerprint density at radius 2 is 1.90 bits per heavy atom. The fourth-order valence-corrected chi connectivity index (χ4v) is 4.19. The molecule has 1 heterocycles. The van der Waals surface area contributed by atoms with Gasteiger partial charge in [0.15, 0.2) is 5.96 Å². The van der Waals surface area contributed by atoms with Gasteiger partial charge in [-0.15, -0.1) is 24.0 Å². The molecule has 1 saturated heterocycles. The second kappa shape index (κ2) is 11.1. The Balaban J connectivity index is 0.00000341. The highest BCUT2D eigenvalue weighted by Crippen LogP contribution is 2.43. The fraction of sp³-hybridized carbons (Fsp3) is 0.667. The van der Waals surface area contributed by atoms with Crippen LogP contribution in [0.25, 0.3) is 0 Å². The third-order valence-corrected chi connectivity index (χ3v) is 5.74. The van der Waals surface area contributed by atoms with Crippen LogP contribution in [0.4, 0.5) is 22.0 Å². The minimum Gasteiger partial charge on any atom is -0.353 e. The second-order valence-electron chi connectivity index (χ2n) is 8.07. The van der Waals surface area contributed by atoms with Crippen LogP contribution in [0.1, 0.15) is 38.2 Å². The number of alkyl halides is 3. The van der Waals surface area contributed by atoms with Gasteiger partial charge in [0, 0.05) is 43.7 Å². The first-order valence-corrected chi connectivity index (χ1v) is 10.5. The van der Waals surface area contributed by atoms with E-state index >= 15 is 0 Å². The van der Waals surface area contributed by atoms with Gasteiger partial charge in [-0.3, -0.25) is 9.89 Å². The molecular formula is C21H30F5IN4. The zero-order valence-corrected chi connectivity index (χ0v) is 20.1. The first-order valence-electron chi connectivity index (χ1n) is 10.5. The first kappa shape index (κ1) is 26.1. The van der Waals surface area contributed by atoms with Crippen LogP contribution in [-0.4, -0.2) is 67.2 Å². The number of aliphatic imine (C=N–C) groups is 1. The molecule has 0 spiro atoms. The highest BCUT2D eigenvalue weighted by Gasteiger charge is 2.43. The van der Waals surface area contributed by atoms with Crippen molar-refractivity contribution in [3.63, 3.8) is 0 Å². The lowest BCUT2D eigenvalue weighted by Gasteiger charge is -2.26. The summed E-state index contributed by atoms with van der Waals surface area (Å²) < 4.78 is 66.2. The summed E-state index contributed by atoms with van der Waals surface area (Å²) in [6, 6.07) is 3.78. The number of likely N-dealkylation sites (tertiary alicyclic amines) is 1. The Kier molecular flexibility index (Phi) is 9.35. The van der Waals surface area contributed by atoms with Gasteiger partial charge in [0.1, 0.15) is 11.6 Å². The Labute approximate surface area is 197 Å². The standard InChI is InChI=1S/C21H29F5N4.HI/c1-3-27-20(28-18-10-15(18)19-16(22)6-5-7-17(19)23)30-9-8-14(12-30)11-29(4-2)13-21(24,25)26;/h5-7,14-15,18H,3-4,8-13H2,1-2H3,(H,27,28);1H. The molecule has 0 radical (unpaired) electrons. The SMILES string of the molecule is CCN=C(NC1CC1c1c(F)cccc1F)N1CCC(CN(CC)CC(F)(F)F)C1.I. The number of benzene rings is 1. The lowest BCUT2D eigenvalue weighted by Crippen LogP contribution is -2.43. The summed E-state index contributed by atoms with van der Waals surface area (Å²) in [5, 5.41) is 3.31. The van der Waals surface area contributed by atoms with Crippen molar-refractivity contribution in [3.8, 4) is 0 Å². The van der Waals surface area contributed by atoms with Crippen LogP contribution in [0.5, 0.6) is 0 Å². The monoisotopic (exact) mass is 560 g/mol. The van der Waals surface area contributed by atoms with Gasteiger partial charge in [0.05, 0.1) is 6.54 Å². The van der Waals surface area contributed by atoms with Crippen molar-refractivity contribution in [2.24, 2.45) is 10.9 Å². The maximum atomic E-state index is 14.0. The summed E-state index contributed by atoms with van der Waals surface area (Å²) in [5.74, 6) is -0.528. The van der Waals surface area contributed by atoms with E-state index in [1.54, 1.807) is 6.92 Å². The normalized spacial score (nSPS) is 23.8. The Bertz CT molecular complexity index is 738. The van der Waals surface area contributed by atoms with Gasteiger partial charge < -0.3 is 10.2 Å². The van der Waals surface area contributed by atoms with Crippen molar-refractivity contribution in [2.75, 3.05) is 39.3 Å². The molecule has 0 bridgehead atoms. The minimum absolute atomic E-state index is 0. The average Bonchev–Trinajstić information content (AvgIpc) is 3.24. The predicted molar refractivity (Wildman–Crippen MR) is 122 cm³/mol. The van der Waals surface area contributed by atoms with Crippen LogP contribution in [0, 0.1) is 17.6 Å². The molecule has 2 aliphatic rings. The fourth-order valence-electron chi connectivity index (χ4n) is 4.19. The molecule has 1 aromatic rings. The van der Waals surface area contributed by atoms with E-state index in [1.807, 2.05) is 11.8 Å². The molecule has 1 aromatic carbocycles. The molecule has 10 heteroatoms. The molecule has 1 N–H and O–H groups in total. The van der Waals surface area contributed by atoms with E-state index in [0.717, 1.165) is 6.42 Å². The molecular weight excluding hydrogens is 530 g/mol. The smallest absolute Gasteiger partial charge is 0.353 e. The topological polar surface area (TPSA) is 30.9 Å². The highest BCUT2D eigenvalue weighted by molar-refractivity contribution is 14.0. The van der Waals surface area contributed by atoms with Gasteiger partial charge in [-0.2, -0.15) is 13.2 Å². The van der Waals surface area contributed by atoms with Crippen LogP contribution < -0.4 is 5.32 Å². The molecule has 0 amide bonds. The van der Waals surface area contributed by atoms with Gasteiger partial charge in [-0.1, -0.05) is 13.0 Å². The van der Waals surface area contributed by atoms with Crippen molar-refractivity contribution in [2.45, 2.75) is 44.8 Å². The van der Waals surface area contributed by atoms with Crippen molar-refractivity contribution < 1.29 is 22.0 Å². The van der Waals surface area contributed by atoms with Crippen molar-refractivity contribution in [1.82, 2.24) is 15.1 Å². The molecule has 3 unspecified atom stereocenters. The number of nitrogens with zero attached hydrogens (tertiary/aromatic N) is 3. The largest absolute Gasteiger partial charge is 0.401 e.